The number of nitro groups is 1. The summed E-state index contributed by atoms with van der Waals surface area (Å²) in [7, 11) is -4.14. The second-order valence-corrected chi connectivity index (χ2v) is 7.72. The normalized spacial score (nSPS) is 11.1. The predicted molar refractivity (Wildman–Crippen MR) is 100 cm³/mol. The molecule has 0 saturated heterocycles. The number of nitro benzene ring substituents is 1. The molecule has 0 heterocycles. The van der Waals surface area contributed by atoms with E-state index >= 15 is 0 Å². The molecule has 0 radical (unpaired) electrons. The van der Waals surface area contributed by atoms with Crippen LogP contribution in [0.2, 0.25) is 0 Å². The van der Waals surface area contributed by atoms with E-state index < -0.39 is 27.5 Å². The summed E-state index contributed by atoms with van der Waals surface area (Å²) in [6.07, 6.45) is 0. The van der Waals surface area contributed by atoms with Crippen LogP contribution < -0.4 is 4.31 Å². The van der Waals surface area contributed by atoms with Crippen LogP contribution in [0.5, 0.6) is 0 Å². The van der Waals surface area contributed by atoms with Crippen molar-refractivity contribution in [3.63, 3.8) is 0 Å². The number of carbonyl (C=O) groups is 1. The number of anilines is 1. The van der Waals surface area contributed by atoms with E-state index in [1.54, 1.807) is 26.0 Å². The molecule has 0 atom stereocenters. The van der Waals surface area contributed by atoms with Crippen molar-refractivity contribution >= 4 is 27.4 Å². The Morgan fingerprint density at radius 1 is 1.15 bits per heavy atom. The minimum absolute atomic E-state index is 0.122. The van der Waals surface area contributed by atoms with E-state index in [4.69, 9.17) is 4.74 Å². The number of hydrogen-bond donors (Lipinski definition) is 0. The highest BCUT2D eigenvalue weighted by molar-refractivity contribution is 7.92. The molecule has 8 nitrogen and oxygen atoms in total. The molecule has 2 aromatic rings. The zero-order valence-corrected chi connectivity index (χ0v) is 16.0. The number of ether oxygens (including phenoxy) is 1. The highest BCUT2D eigenvalue weighted by atomic mass is 32.2. The molecule has 0 spiro atoms. The molecule has 0 aliphatic heterocycles. The molecule has 144 valence electrons. The molecular weight excluding hydrogens is 372 g/mol. The number of benzene rings is 2. The lowest BCUT2D eigenvalue weighted by molar-refractivity contribution is -0.384. The van der Waals surface area contributed by atoms with Gasteiger partial charge < -0.3 is 4.74 Å². The topological polar surface area (TPSA) is 107 Å². The van der Waals surface area contributed by atoms with Crippen molar-refractivity contribution in [3.05, 3.63) is 63.7 Å². The number of esters is 1. The summed E-state index contributed by atoms with van der Waals surface area (Å²) in [5.41, 5.74) is 1.61. The molecule has 9 heteroatoms. The van der Waals surface area contributed by atoms with E-state index in [1.807, 2.05) is 13.0 Å². The third-order valence-corrected chi connectivity index (χ3v) is 5.62. The first kappa shape index (κ1) is 20.4. The van der Waals surface area contributed by atoms with Crippen LogP contribution in [-0.2, 0) is 19.6 Å². The highest BCUT2D eigenvalue weighted by Gasteiger charge is 2.29. The van der Waals surface area contributed by atoms with Crippen LogP contribution in [0.15, 0.2) is 47.4 Å². The lowest BCUT2D eigenvalue weighted by atomic mass is 10.1. The van der Waals surface area contributed by atoms with E-state index in [0.717, 1.165) is 34.1 Å². The minimum atomic E-state index is -4.14. The molecule has 0 N–H and O–H groups in total. The molecule has 0 aromatic heterocycles. The largest absolute Gasteiger partial charge is 0.465 e. The zero-order chi connectivity index (χ0) is 20.2. The maximum absolute atomic E-state index is 13.2. The average Bonchev–Trinajstić information content (AvgIpc) is 2.62. The molecule has 0 aliphatic rings. The van der Waals surface area contributed by atoms with Gasteiger partial charge >= 0.3 is 5.97 Å². The minimum Gasteiger partial charge on any atom is -0.465 e. The first-order valence-corrected chi connectivity index (χ1v) is 9.61. The Hall–Kier alpha value is -2.94. The second kappa shape index (κ2) is 8.17. The van der Waals surface area contributed by atoms with Gasteiger partial charge in [-0.2, -0.15) is 0 Å². The summed E-state index contributed by atoms with van der Waals surface area (Å²) < 4.78 is 32.2. The number of non-ortho nitro benzene ring substituents is 1. The van der Waals surface area contributed by atoms with E-state index in [0.29, 0.717) is 11.3 Å². The van der Waals surface area contributed by atoms with Gasteiger partial charge in [-0.3, -0.25) is 19.2 Å². The molecule has 0 unspecified atom stereocenters. The Morgan fingerprint density at radius 2 is 1.78 bits per heavy atom. The van der Waals surface area contributed by atoms with Crippen LogP contribution in [0.3, 0.4) is 0 Å². The SMILES string of the molecule is CCOC(=O)CN(c1cc(C)ccc1C)S(=O)(=O)c1ccc([N+](=O)[O-])cc1. The molecule has 2 aromatic carbocycles. The Labute approximate surface area is 157 Å². The molecular formula is C18H20N2O6S. The lowest BCUT2D eigenvalue weighted by Gasteiger charge is -2.25. The molecule has 27 heavy (non-hydrogen) atoms. The van der Waals surface area contributed by atoms with E-state index in [-0.39, 0.29) is 17.2 Å². The first-order chi connectivity index (χ1) is 12.7. The van der Waals surface area contributed by atoms with Gasteiger partial charge in [0.2, 0.25) is 0 Å². The Balaban J connectivity index is 2.55. The molecule has 0 bridgehead atoms. The first-order valence-electron chi connectivity index (χ1n) is 8.17. The summed E-state index contributed by atoms with van der Waals surface area (Å²) in [5, 5.41) is 10.8. The molecule has 0 saturated carbocycles. The van der Waals surface area contributed by atoms with Gasteiger partial charge in [0.25, 0.3) is 15.7 Å². The van der Waals surface area contributed by atoms with Gasteiger partial charge in [-0.05, 0) is 50.1 Å². The van der Waals surface area contributed by atoms with Gasteiger partial charge in [-0.1, -0.05) is 12.1 Å². The van der Waals surface area contributed by atoms with Crippen LogP contribution in [-0.4, -0.2) is 32.5 Å². The Bertz CT molecular complexity index is 954. The lowest BCUT2D eigenvalue weighted by Crippen LogP contribution is -2.37. The second-order valence-electron chi connectivity index (χ2n) is 5.86. The summed E-state index contributed by atoms with van der Waals surface area (Å²) in [5.74, 6) is -0.691. The van der Waals surface area contributed by atoms with Crippen molar-refractivity contribution in [2.75, 3.05) is 17.5 Å². The van der Waals surface area contributed by atoms with Crippen molar-refractivity contribution in [1.29, 1.82) is 0 Å². The summed E-state index contributed by atoms with van der Waals surface area (Å²) >= 11 is 0. The van der Waals surface area contributed by atoms with Gasteiger partial charge in [0.15, 0.2) is 0 Å². The van der Waals surface area contributed by atoms with Crippen LogP contribution in [0.25, 0.3) is 0 Å². The summed E-state index contributed by atoms with van der Waals surface area (Å²) in [6, 6.07) is 9.77. The standard InChI is InChI=1S/C18H20N2O6S/c1-4-26-18(21)12-19(17-11-13(2)5-6-14(17)3)27(24,25)16-9-7-15(8-10-16)20(22)23/h5-11H,4,12H2,1-3H3. The van der Waals surface area contributed by atoms with Crippen molar-refractivity contribution in [2.24, 2.45) is 0 Å². The zero-order valence-electron chi connectivity index (χ0n) is 15.2. The third-order valence-electron chi connectivity index (χ3n) is 3.85. The monoisotopic (exact) mass is 392 g/mol. The average molecular weight is 392 g/mol. The molecule has 0 amide bonds. The number of carbonyl (C=O) groups excluding carboxylic acids is 1. The highest BCUT2D eigenvalue weighted by Crippen LogP contribution is 2.28. The fourth-order valence-electron chi connectivity index (χ4n) is 2.48. The Morgan fingerprint density at radius 3 is 2.33 bits per heavy atom. The maximum Gasteiger partial charge on any atom is 0.326 e. The smallest absolute Gasteiger partial charge is 0.326 e. The van der Waals surface area contributed by atoms with Crippen molar-refractivity contribution in [3.8, 4) is 0 Å². The predicted octanol–water partition coefficient (Wildman–Crippen LogP) is 2.97. The van der Waals surface area contributed by atoms with Gasteiger partial charge in [0.05, 0.1) is 22.1 Å². The van der Waals surface area contributed by atoms with Gasteiger partial charge in [0.1, 0.15) is 6.54 Å². The molecule has 0 aliphatic carbocycles. The number of nitrogens with zero attached hydrogens (tertiary/aromatic N) is 2. The van der Waals surface area contributed by atoms with Crippen LogP contribution in [0, 0.1) is 24.0 Å². The maximum atomic E-state index is 13.2. The van der Waals surface area contributed by atoms with Crippen LogP contribution >= 0.6 is 0 Å². The Kier molecular flexibility index (Phi) is 6.17. The number of rotatable bonds is 7. The third kappa shape index (κ3) is 4.62. The van der Waals surface area contributed by atoms with Gasteiger partial charge in [-0.15, -0.1) is 0 Å². The van der Waals surface area contributed by atoms with E-state index in [2.05, 4.69) is 0 Å². The quantitative estimate of drug-likeness (QED) is 0.407. The van der Waals surface area contributed by atoms with Crippen molar-refractivity contribution in [2.45, 2.75) is 25.7 Å². The number of sulfonamides is 1. The van der Waals surface area contributed by atoms with Crippen molar-refractivity contribution < 1.29 is 22.9 Å². The van der Waals surface area contributed by atoms with Crippen LogP contribution in [0.1, 0.15) is 18.1 Å². The fraction of sp³-hybridized carbons (Fsp3) is 0.278. The number of aryl methyl sites for hydroxylation is 2. The number of hydrogen-bond acceptors (Lipinski definition) is 6. The molecule has 0 fully saturated rings. The van der Waals surface area contributed by atoms with Gasteiger partial charge in [0, 0.05) is 12.1 Å². The van der Waals surface area contributed by atoms with Crippen LogP contribution in [0.4, 0.5) is 11.4 Å². The summed E-state index contributed by atoms with van der Waals surface area (Å²) in [6.45, 7) is 4.79. The van der Waals surface area contributed by atoms with E-state index in [9.17, 15) is 23.3 Å². The van der Waals surface area contributed by atoms with E-state index in [1.165, 1.54) is 0 Å². The van der Waals surface area contributed by atoms with Gasteiger partial charge in [-0.25, -0.2) is 8.42 Å². The fourth-order valence-corrected chi connectivity index (χ4v) is 3.94. The molecule has 2 rings (SSSR count). The summed E-state index contributed by atoms with van der Waals surface area (Å²) in [4.78, 5) is 22.1. The van der Waals surface area contributed by atoms with Crippen molar-refractivity contribution in [1.82, 2.24) is 0 Å².